The van der Waals surface area contributed by atoms with Crippen molar-refractivity contribution in [3.05, 3.63) is 17.9 Å². The molecule has 1 aromatic rings. The van der Waals surface area contributed by atoms with Crippen molar-refractivity contribution >= 4 is 24.0 Å². The summed E-state index contributed by atoms with van der Waals surface area (Å²) in [7, 11) is 1.46. The van der Waals surface area contributed by atoms with Crippen molar-refractivity contribution < 1.29 is 13.7 Å². The molecular formula is C17H27BFN3O2. The van der Waals surface area contributed by atoms with Gasteiger partial charge in [0.25, 0.3) is 0 Å². The number of likely N-dealkylation sites (N-methyl/N-ethyl adjacent to an activating group) is 1. The minimum atomic E-state index is -0.603. The van der Waals surface area contributed by atoms with Crippen LogP contribution in [0, 0.1) is 5.82 Å². The second-order valence-electron chi connectivity index (χ2n) is 7.82. The molecular weight excluding hydrogens is 308 g/mol. The van der Waals surface area contributed by atoms with E-state index in [1.807, 2.05) is 32.6 Å². The summed E-state index contributed by atoms with van der Waals surface area (Å²) in [5.41, 5.74) is 6.82. The first-order valence-electron chi connectivity index (χ1n) is 8.49. The Kier molecular flexibility index (Phi) is 4.30. The fourth-order valence-electron chi connectivity index (χ4n) is 3.12. The van der Waals surface area contributed by atoms with Gasteiger partial charge in [-0.05, 0) is 52.3 Å². The van der Waals surface area contributed by atoms with Crippen molar-refractivity contribution in [1.82, 2.24) is 4.90 Å². The number of halogens is 1. The molecule has 2 saturated heterocycles. The van der Waals surface area contributed by atoms with Crippen LogP contribution in [0.5, 0.6) is 0 Å². The summed E-state index contributed by atoms with van der Waals surface area (Å²) in [5, 5.41) is 0. The van der Waals surface area contributed by atoms with Crippen LogP contribution in [0.1, 0.15) is 27.7 Å². The molecule has 0 amide bonds. The van der Waals surface area contributed by atoms with Gasteiger partial charge in [-0.3, -0.25) is 0 Å². The molecule has 7 heteroatoms. The second-order valence-corrected chi connectivity index (χ2v) is 7.82. The monoisotopic (exact) mass is 335 g/mol. The fourth-order valence-corrected chi connectivity index (χ4v) is 3.12. The average Bonchev–Trinajstić information content (AvgIpc) is 2.69. The molecule has 2 fully saturated rings. The van der Waals surface area contributed by atoms with Gasteiger partial charge in [0.1, 0.15) is 5.82 Å². The molecule has 2 aliphatic heterocycles. The van der Waals surface area contributed by atoms with E-state index in [9.17, 15) is 4.39 Å². The third-order valence-electron chi connectivity index (χ3n) is 5.46. The summed E-state index contributed by atoms with van der Waals surface area (Å²) in [6.45, 7) is 11.3. The smallest absolute Gasteiger partial charge is 0.399 e. The Hall–Kier alpha value is -1.31. The van der Waals surface area contributed by atoms with Gasteiger partial charge in [0, 0.05) is 26.2 Å². The third-order valence-corrected chi connectivity index (χ3v) is 5.46. The largest absolute Gasteiger partial charge is 0.495 e. The van der Waals surface area contributed by atoms with Gasteiger partial charge in [-0.1, -0.05) is 0 Å². The maximum Gasteiger partial charge on any atom is 0.495 e. The van der Waals surface area contributed by atoms with Crippen molar-refractivity contribution in [2.24, 2.45) is 0 Å². The number of hydrogen-bond donors (Lipinski definition) is 1. The highest BCUT2D eigenvalue weighted by Crippen LogP contribution is 2.37. The van der Waals surface area contributed by atoms with Gasteiger partial charge in [0.15, 0.2) is 0 Å². The summed E-state index contributed by atoms with van der Waals surface area (Å²) in [6.07, 6.45) is 0. The Morgan fingerprint density at radius 2 is 1.58 bits per heavy atom. The molecule has 24 heavy (non-hydrogen) atoms. The molecule has 2 heterocycles. The number of benzene rings is 1. The van der Waals surface area contributed by atoms with Crippen LogP contribution in [0.15, 0.2) is 12.1 Å². The van der Waals surface area contributed by atoms with Crippen LogP contribution in [0.3, 0.4) is 0 Å². The van der Waals surface area contributed by atoms with Crippen molar-refractivity contribution in [2.75, 3.05) is 43.9 Å². The molecule has 0 unspecified atom stereocenters. The van der Waals surface area contributed by atoms with E-state index in [1.54, 1.807) is 6.07 Å². The van der Waals surface area contributed by atoms with E-state index in [2.05, 4.69) is 11.9 Å². The Balaban J connectivity index is 1.86. The lowest BCUT2D eigenvalue weighted by molar-refractivity contribution is 0.00578. The normalized spacial score (nSPS) is 23.8. The van der Waals surface area contributed by atoms with Crippen LogP contribution in [0.25, 0.3) is 0 Å². The molecule has 0 spiro atoms. The zero-order chi connectivity index (χ0) is 17.7. The molecule has 2 aliphatic rings. The number of piperazine rings is 1. The van der Waals surface area contributed by atoms with Crippen molar-refractivity contribution in [3.63, 3.8) is 0 Å². The predicted octanol–water partition coefficient (Wildman–Crippen LogP) is 1.46. The van der Waals surface area contributed by atoms with Gasteiger partial charge in [-0.2, -0.15) is 0 Å². The van der Waals surface area contributed by atoms with E-state index in [1.165, 1.54) is 6.07 Å². The lowest BCUT2D eigenvalue weighted by Crippen LogP contribution is -2.45. The molecule has 0 bridgehead atoms. The first kappa shape index (κ1) is 17.5. The highest BCUT2D eigenvalue weighted by Gasteiger charge is 2.52. The van der Waals surface area contributed by atoms with Gasteiger partial charge >= 0.3 is 7.12 Å². The standard InChI is InChI=1S/C17H27BFN3O2/c1-16(2)17(3,4)24-18(23-16)12-10-13(19)15(14(20)11-12)22-8-6-21(5)7-9-22/h10-11H,6-9,20H2,1-5H3. The maximum absolute atomic E-state index is 14.8. The molecule has 1 aromatic carbocycles. The number of nitrogen functional groups attached to an aromatic ring is 1. The maximum atomic E-state index is 14.8. The van der Waals surface area contributed by atoms with Gasteiger partial charge in [-0.25, -0.2) is 4.39 Å². The number of rotatable bonds is 2. The zero-order valence-electron chi connectivity index (χ0n) is 15.2. The molecule has 132 valence electrons. The SMILES string of the molecule is CN1CCN(c2c(N)cc(B3OC(C)(C)C(C)(C)O3)cc2F)CC1. The van der Waals surface area contributed by atoms with E-state index in [0.29, 0.717) is 16.8 Å². The topological polar surface area (TPSA) is 51.0 Å². The number of nitrogens with zero attached hydrogens (tertiary/aromatic N) is 2. The molecule has 2 N–H and O–H groups in total. The Bertz CT molecular complexity index is 591. The van der Waals surface area contributed by atoms with Crippen LogP contribution in [0.2, 0.25) is 0 Å². The van der Waals surface area contributed by atoms with Crippen LogP contribution >= 0.6 is 0 Å². The number of hydrogen-bond acceptors (Lipinski definition) is 5. The van der Waals surface area contributed by atoms with Gasteiger partial charge in [-0.15, -0.1) is 0 Å². The van der Waals surface area contributed by atoms with Crippen LogP contribution < -0.4 is 16.1 Å². The van der Waals surface area contributed by atoms with E-state index in [-0.39, 0.29) is 5.82 Å². The van der Waals surface area contributed by atoms with Gasteiger partial charge in [0.2, 0.25) is 0 Å². The van der Waals surface area contributed by atoms with Crippen molar-refractivity contribution in [2.45, 2.75) is 38.9 Å². The minimum absolute atomic E-state index is 0.315. The highest BCUT2D eigenvalue weighted by atomic mass is 19.1. The summed E-state index contributed by atoms with van der Waals surface area (Å²) < 4.78 is 26.8. The first-order valence-corrected chi connectivity index (χ1v) is 8.49. The first-order chi connectivity index (χ1) is 11.1. The fraction of sp³-hybridized carbons (Fsp3) is 0.647. The summed E-state index contributed by atoms with van der Waals surface area (Å²) in [5.74, 6) is -0.315. The van der Waals surface area contributed by atoms with Crippen LogP contribution in [-0.4, -0.2) is 56.4 Å². The molecule has 5 nitrogen and oxygen atoms in total. The lowest BCUT2D eigenvalue weighted by atomic mass is 9.78. The molecule has 0 aromatic heterocycles. The van der Waals surface area contributed by atoms with Gasteiger partial charge < -0.3 is 24.8 Å². The second kappa shape index (κ2) is 5.90. The molecule has 0 aliphatic carbocycles. The van der Waals surface area contributed by atoms with Crippen LogP contribution in [0.4, 0.5) is 15.8 Å². The molecule has 0 saturated carbocycles. The van der Waals surface area contributed by atoms with E-state index in [0.717, 1.165) is 26.2 Å². The average molecular weight is 335 g/mol. The minimum Gasteiger partial charge on any atom is -0.399 e. The quantitative estimate of drug-likeness (QED) is 0.655. The summed E-state index contributed by atoms with van der Waals surface area (Å²) in [6, 6.07) is 3.27. The van der Waals surface area contributed by atoms with E-state index >= 15 is 0 Å². The van der Waals surface area contributed by atoms with E-state index in [4.69, 9.17) is 15.0 Å². The Labute approximate surface area is 144 Å². The van der Waals surface area contributed by atoms with Crippen LogP contribution in [-0.2, 0) is 9.31 Å². The Morgan fingerprint density at radius 1 is 1.04 bits per heavy atom. The summed E-state index contributed by atoms with van der Waals surface area (Å²) >= 11 is 0. The van der Waals surface area contributed by atoms with E-state index < -0.39 is 18.3 Å². The zero-order valence-corrected chi connectivity index (χ0v) is 15.2. The van der Waals surface area contributed by atoms with Gasteiger partial charge in [0.05, 0.1) is 22.6 Å². The Morgan fingerprint density at radius 3 is 2.08 bits per heavy atom. The predicted molar refractivity (Wildman–Crippen MR) is 96.2 cm³/mol. The number of nitrogens with two attached hydrogens (primary N) is 1. The third kappa shape index (κ3) is 3.00. The molecule has 3 rings (SSSR count). The van der Waals surface area contributed by atoms with Crippen molar-refractivity contribution in [1.29, 1.82) is 0 Å². The molecule has 0 atom stereocenters. The number of anilines is 2. The summed E-state index contributed by atoms with van der Waals surface area (Å²) in [4.78, 5) is 4.24. The van der Waals surface area contributed by atoms with Crippen molar-refractivity contribution in [3.8, 4) is 0 Å². The highest BCUT2D eigenvalue weighted by molar-refractivity contribution is 6.62. The molecule has 0 radical (unpaired) electrons. The lowest BCUT2D eigenvalue weighted by Gasteiger charge is -2.35.